The van der Waals surface area contributed by atoms with E-state index in [4.69, 9.17) is 4.74 Å². The Bertz CT molecular complexity index is 391. The maximum Gasteiger partial charge on any atom is 0.122 e. The van der Waals surface area contributed by atoms with Gasteiger partial charge in [-0.15, -0.1) is 0 Å². The number of aryl methyl sites for hydroxylation is 2. The molecule has 1 nitrogen and oxygen atoms in total. The first-order valence-corrected chi connectivity index (χ1v) is 6.44. The summed E-state index contributed by atoms with van der Waals surface area (Å²) in [4.78, 5) is 0. The molecule has 17 heavy (non-hydrogen) atoms. The molecule has 0 fully saturated rings. The van der Waals surface area contributed by atoms with Crippen molar-refractivity contribution in [2.75, 3.05) is 6.61 Å². The van der Waals surface area contributed by atoms with Gasteiger partial charge in [-0.2, -0.15) is 0 Å². The number of hydrogen-bond acceptors (Lipinski definition) is 1. The van der Waals surface area contributed by atoms with Gasteiger partial charge in [0.1, 0.15) is 5.75 Å². The molecule has 1 aromatic carbocycles. The van der Waals surface area contributed by atoms with Crippen molar-refractivity contribution in [3.05, 3.63) is 41.0 Å². The zero-order valence-electron chi connectivity index (χ0n) is 11.7. The second kappa shape index (κ2) is 6.48. The van der Waals surface area contributed by atoms with E-state index < -0.39 is 0 Å². The lowest BCUT2D eigenvalue weighted by molar-refractivity contribution is 0.337. The zero-order chi connectivity index (χ0) is 12.8. The van der Waals surface area contributed by atoms with Crippen LogP contribution in [0.25, 0.3) is 0 Å². The lowest BCUT2D eigenvalue weighted by Gasteiger charge is -2.14. The third-order valence-corrected chi connectivity index (χ3v) is 3.00. The van der Waals surface area contributed by atoms with Crippen LogP contribution in [0.4, 0.5) is 0 Å². The summed E-state index contributed by atoms with van der Waals surface area (Å²) in [6, 6.07) is 4.43. The van der Waals surface area contributed by atoms with Crippen LogP contribution in [0.5, 0.6) is 5.75 Å². The molecule has 1 unspecified atom stereocenters. The Morgan fingerprint density at radius 2 is 1.94 bits per heavy atom. The fourth-order valence-corrected chi connectivity index (χ4v) is 2.12. The molecule has 0 aliphatic heterocycles. The zero-order valence-corrected chi connectivity index (χ0v) is 11.7. The molecule has 0 bridgehead atoms. The fraction of sp³-hybridized carbons (Fsp3) is 0.500. The van der Waals surface area contributed by atoms with Gasteiger partial charge in [0.05, 0.1) is 6.61 Å². The highest BCUT2D eigenvalue weighted by molar-refractivity contribution is 5.41. The first-order chi connectivity index (χ1) is 8.08. The molecule has 0 heterocycles. The molecule has 1 aromatic rings. The lowest BCUT2D eigenvalue weighted by Crippen LogP contribution is -2.01. The minimum absolute atomic E-state index is 0.594. The van der Waals surface area contributed by atoms with Crippen LogP contribution >= 0.6 is 0 Å². The first kappa shape index (κ1) is 13.8. The van der Waals surface area contributed by atoms with Gasteiger partial charge in [-0.1, -0.05) is 25.1 Å². The van der Waals surface area contributed by atoms with Crippen molar-refractivity contribution in [1.82, 2.24) is 0 Å². The molecule has 1 rings (SSSR count). The van der Waals surface area contributed by atoms with Gasteiger partial charge in [0, 0.05) is 0 Å². The maximum atomic E-state index is 5.61. The highest BCUT2D eigenvalue weighted by Gasteiger charge is 2.07. The lowest BCUT2D eigenvalue weighted by atomic mass is 9.95. The van der Waals surface area contributed by atoms with Crippen LogP contribution in [-0.2, 0) is 6.42 Å². The number of ether oxygens (including phenoxy) is 1. The molecular formula is C16H24O. The summed E-state index contributed by atoms with van der Waals surface area (Å²) < 4.78 is 5.61. The van der Waals surface area contributed by atoms with Gasteiger partial charge in [-0.05, 0) is 62.8 Å². The van der Waals surface area contributed by atoms with Gasteiger partial charge >= 0.3 is 0 Å². The van der Waals surface area contributed by atoms with E-state index >= 15 is 0 Å². The van der Waals surface area contributed by atoms with Crippen LogP contribution in [-0.4, -0.2) is 6.61 Å². The fourth-order valence-electron chi connectivity index (χ4n) is 2.12. The van der Waals surface area contributed by atoms with Crippen molar-refractivity contribution in [3.8, 4) is 5.75 Å². The van der Waals surface area contributed by atoms with Gasteiger partial charge in [-0.25, -0.2) is 0 Å². The van der Waals surface area contributed by atoms with Crippen LogP contribution in [0, 0.1) is 19.8 Å². The van der Waals surface area contributed by atoms with Crippen molar-refractivity contribution in [2.24, 2.45) is 5.92 Å². The molecule has 0 aliphatic rings. The summed E-state index contributed by atoms with van der Waals surface area (Å²) in [6.45, 7) is 11.4. The van der Waals surface area contributed by atoms with E-state index in [2.05, 4.69) is 52.0 Å². The maximum absolute atomic E-state index is 5.61. The molecule has 94 valence electrons. The molecule has 0 radical (unpaired) electrons. The topological polar surface area (TPSA) is 9.23 Å². The van der Waals surface area contributed by atoms with Crippen LogP contribution < -0.4 is 4.74 Å². The average molecular weight is 232 g/mol. The number of allylic oxidation sites excluding steroid dienone is 2. The molecule has 0 amide bonds. The van der Waals surface area contributed by atoms with Crippen molar-refractivity contribution in [2.45, 2.75) is 41.0 Å². The van der Waals surface area contributed by atoms with E-state index in [0.717, 1.165) is 18.8 Å². The van der Waals surface area contributed by atoms with Gasteiger partial charge in [-0.3, -0.25) is 0 Å². The highest BCUT2D eigenvalue weighted by atomic mass is 16.5. The minimum Gasteiger partial charge on any atom is -0.494 e. The summed E-state index contributed by atoms with van der Waals surface area (Å²) in [6.07, 6.45) is 5.48. The summed E-state index contributed by atoms with van der Waals surface area (Å²) in [5, 5.41) is 0. The Kier molecular flexibility index (Phi) is 5.27. The van der Waals surface area contributed by atoms with Crippen molar-refractivity contribution in [1.29, 1.82) is 0 Å². The Balaban J connectivity index is 2.91. The third kappa shape index (κ3) is 3.92. The quantitative estimate of drug-likeness (QED) is 0.681. The van der Waals surface area contributed by atoms with E-state index in [1.165, 1.54) is 16.7 Å². The van der Waals surface area contributed by atoms with Gasteiger partial charge in [0.15, 0.2) is 0 Å². The van der Waals surface area contributed by atoms with Crippen molar-refractivity contribution >= 4 is 0 Å². The molecule has 0 saturated carbocycles. The van der Waals surface area contributed by atoms with E-state index in [1.54, 1.807) is 0 Å². The molecule has 0 saturated heterocycles. The van der Waals surface area contributed by atoms with Gasteiger partial charge in [0.25, 0.3) is 0 Å². The summed E-state index contributed by atoms with van der Waals surface area (Å²) >= 11 is 0. The molecule has 1 heteroatoms. The third-order valence-electron chi connectivity index (χ3n) is 3.00. The van der Waals surface area contributed by atoms with Crippen LogP contribution in [0.2, 0.25) is 0 Å². The molecule has 0 aromatic heterocycles. The predicted molar refractivity (Wildman–Crippen MR) is 74.8 cm³/mol. The van der Waals surface area contributed by atoms with Gasteiger partial charge in [0.2, 0.25) is 0 Å². The molecule has 0 N–H and O–H groups in total. The minimum atomic E-state index is 0.594. The summed E-state index contributed by atoms with van der Waals surface area (Å²) in [5.41, 5.74) is 3.99. The van der Waals surface area contributed by atoms with E-state index in [0.29, 0.717) is 5.92 Å². The van der Waals surface area contributed by atoms with Crippen LogP contribution in [0.3, 0.4) is 0 Å². The standard InChI is InChI=1S/C16H24O/c1-6-8-12(3)9-15-10-14(5)16(17-7-2)11-13(15)4/h6,8,10-12H,7,9H2,1-5H3/b8-6-. The Morgan fingerprint density at radius 3 is 2.53 bits per heavy atom. The highest BCUT2D eigenvalue weighted by Crippen LogP contribution is 2.24. The number of benzene rings is 1. The largest absolute Gasteiger partial charge is 0.494 e. The Labute approximate surface area is 106 Å². The molecular weight excluding hydrogens is 208 g/mol. The van der Waals surface area contributed by atoms with E-state index in [1.807, 2.05) is 6.92 Å². The molecule has 0 spiro atoms. The average Bonchev–Trinajstić information content (AvgIpc) is 2.26. The smallest absolute Gasteiger partial charge is 0.122 e. The normalized spacial score (nSPS) is 13.0. The monoisotopic (exact) mass is 232 g/mol. The first-order valence-electron chi connectivity index (χ1n) is 6.44. The Morgan fingerprint density at radius 1 is 1.24 bits per heavy atom. The van der Waals surface area contributed by atoms with Crippen molar-refractivity contribution in [3.63, 3.8) is 0 Å². The molecule has 0 aliphatic carbocycles. The van der Waals surface area contributed by atoms with E-state index in [-0.39, 0.29) is 0 Å². The SMILES string of the molecule is C/C=C\C(C)Cc1cc(C)c(OCC)cc1C. The number of hydrogen-bond donors (Lipinski definition) is 0. The second-order valence-corrected chi connectivity index (χ2v) is 4.68. The molecule has 1 atom stereocenters. The van der Waals surface area contributed by atoms with Crippen LogP contribution in [0.1, 0.15) is 37.5 Å². The summed E-state index contributed by atoms with van der Waals surface area (Å²) in [7, 11) is 0. The Hall–Kier alpha value is -1.24. The van der Waals surface area contributed by atoms with Crippen molar-refractivity contribution < 1.29 is 4.74 Å². The summed E-state index contributed by atoms with van der Waals surface area (Å²) in [5.74, 6) is 1.61. The van der Waals surface area contributed by atoms with Crippen LogP contribution in [0.15, 0.2) is 24.3 Å². The van der Waals surface area contributed by atoms with E-state index in [9.17, 15) is 0 Å². The number of rotatable bonds is 5. The van der Waals surface area contributed by atoms with Gasteiger partial charge < -0.3 is 4.74 Å². The second-order valence-electron chi connectivity index (χ2n) is 4.68. The predicted octanol–water partition coefficient (Wildman–Crippen LogP) is 4.46.